The molecule has 0 bridgehead atoms. The van der Waals surface area contributed by atoms with E-state index in [1.165, 1.54) is 12.8 Å². The third kappa shape index (κ3) is 3.62. The Hall–Kier alpha value is -1.85. The molecule has 2 heterocycles. The highest BCUT2D eigenvalue weighted by Gasteiger charge is 2.10. The van der Waals surface area contributed by atoms with E-state index < -0.39 is 0 Å². The van der Waals surface area contributed by atoms with Crippen LogP contribution in [0, 0.1) is 0 Å². The average molecular weight is 364 g/mol. The molecule has 0 aliphatic heterocycles. The molecule has 24 heavy (non-hydrogen) atoms. The first-order valence-electron chi connectivity index (χ1n) is 8.02. The van der Waals surface area contributed by atoms with Crippen LogP contribution in [0.15, 0.2) is 35.8 Å². The van der Waals surface area contributed by atoms with Crippen molar-refractivity contribution in [1.82, 2.24) is 19.5 Å². The number of nitrogens with one attached hydrogen (secondary N) is 1. The summed E-state index contributed by atoms with van der Waals surface area (Å²) in [5.74, 6) is 0. The molecule has 3 aromatic rings. The van der Waals surface area contributed by atoms with E-state index in [4.69, 9.17) is 23.2 Å². The molecule has 2 aromatic heterocycles. The first-order valence-corrected chi connectivity index (χ1v) is 8.78. The Balaban J connectivity index is 1.95. The van der Waals surface area contributed by atoms with Crippen molar-refractivity contribution < 1.29 is 0 Å². The molecule has 0 unspecified atom stereocenters. The second-order valence-electron chi connectivity index (χ2n) is 5.59. The monoisotopic (exact) mass is 363 g/mol. The number of benzene rings is 1. The quantitative estimate of drug-likeness (QED) is 0.667. The zero-order valence-corrected chi connectivity index (χ0v) is 15.0. The third-order valence-corrected chi connectivity index (χ3v) is 4.56. The van der Waals surface area contributed by atoms with Gasteiger partial charge in [0.15, 0.2) is 11.1 Å². The summed E-state index contributed by atoms with van der Waals surface area (Å²) >= 11 is 12.5. The largest absolute Gasteiger partial charge is 0.340 e. The summed E-state index contributed by atoms with van der Waals surface area (Å²) < 4.78 is 1.92. The molecule has 0 aliphatic carbocycles. The SMILES string of the molecule is CCCCCN=c1ncn(Cc2c(Cl)cccc2Cl)c2nc[nH]c12. The van der Waals surface area contributed by atoms with Crippen LogP contribution in [0.2, 0.25) is 10.0 Å². The number of aromatic nitrogens is 4. The number of nitrogens with zero attached hydrogens (tertiary/aromatic N) is 4. The molecule has 5 nitrogen and oxygen atoms in total. The zero-order chi connectivity index (χ0) is 16.9. The lowest BCUT2D eigenvalue weighted by atomic mass is 10.2. The van der Waals surface area contributed by atoms with Crippen LogP contribution in [0.25, 0.3) is 11.2 Å². The van der Waals surface area contributed by atoms with Crippen LogP contribution >= 0.6 is 23.2 Å². The number of fused-ring (bicyclic) bond motifs is 1. The van der Waals surface area contributed by atoms with E-state index in [0.717, 1.165) is 29.7 Å². The summed E-state index contributed by atoms with van der Waals surface area (Å²) in [5, 5.41) is 1.26. The molecular weight excluding hydrogens is 345 g/mol. The molecule has 0 radical (unpaired) electrons. The Kier molecular flexibility index (Phi) is 5.53. The van der Waals surface area contributed by atoms with Crippen molar-refractivity contribution in [2.24, 2.45) is 4.99 Å². The molecule has 0 saturated heterocycles. The van der Waals surface area contributed by atoms with Gasteiger partial charge in [0.05, 0.1) is 19.2 Å². The van der Waals surface area contributed by atoms with Crippen molar-refractivity contribution >= 4 is 34.4 Å². The molecule has 3 rings (SSSR count). The maximum Gasteiger partial charge on any atom is 0.176 e. The lowest BCUT2D eigenvalue weighted by Crippen LogP contribution is -2.15. The van der Waals surface area contributed by atoms with Gasteiger partial charge in [-0.15, -0.1) is 0 Å². The summed E-state index contributed by atoms with van der Waals surface area (Å²) in [7, 11) is 0. The fourth-order valence-corrected chi connectivity index (χ4v) is 3.07. The van der Waals surface area contributed by atoms with Gasteiger partial charge in [0.1, 0.15) is 5.52 Å². The summed E-state index contributed by atoms with van der Waals surface area (Å²) in [6, 6.07) is 5.49. The Morgan fingerprint density at radius 1 is 1.17 bits per heavy atom. The van der Waals surface area contributed by atoms with E-state index in [1.807, 2.05) is 22.8 Å². The number of unbranched alkanes of at least 4 members (excludes halogenated alkanes) is 2. The maximum atomic E-state index is 6.27. The van der Waals surface area contributed by atoms with Crippen molar-refractivity contribution in [3.05, 3.63) is 52.0 Å². The standard InChI is InChI=1S/C17H19Cl2N5/c1-2-3-4-8-20-16-15-17(22-10-21-15)24(11-23-16)9-12-13(18)6-5-7-14(12)19/h5-7,10-11H,2-4,8-9H2,1H3,(H,21,22). The van der Waals surface area contributed by atoms with Gasteiger partial charge >= 0.3 is 0 Å². The highest BCUT2D eigenvalue weighted by atomic mass is 35.5. The Morgan fingerprint density at radius 2 is 1.96 bits per heavy atom. The normalized spacial score (nSPS) is 12.2. The van der Waals surface area contributed by atoms with E-state index in [9.17, 15) is 0 Å². The van der Waals surface area contributed by atoms with Gasteiger partial charge in [-0.25, -0.2) is 9.97 Å². The molecule has 7 heteroatoms. The molecule has 0 spiro atoms. The molecule has 0 saturated carbocycles. The van der Waals surface area contributed by atoms with Gasteiger partial charge in [-0.3, -0.25) is 4.99 Å². The third-order valence-electron chi connectivity index (χ3n) is 3.85. The van der Waals surface area contributed by atoms with Gasteiger partial charge < -0.3 is 9.55 Å². The van der Waals surface area contributed by atoms with Crippen molar-refractivity contribution in [3.8, 4) is 0 Å². The number of rotatable bonds is 6. The van der Waals surface area contributed by atoms with Crippen molar-refractivity contribution in [1.29, 1.82) is 0 Å². The first kappa shape index (κ1) is 17.0. The summed E-state index contributed by atoms with van der Waals surface area (Å²) in [6.45, 7) is 3.45. The van der Waals surface area contributed by atoms with Gasteiger partial charge in [-0.05, 0) is 18.6 Å². The Morgan fingerprint density at radius 3 is 2.71 bits per heavy atom. The zero-order valence-electron chi connectivity index (χ0n) is 13.5. The summed E-state index contributed by atoms with van der Waals surface area (Å²) in [6.07, 6.45) is 6.81. The molecular formula is C17H19Cl2N5. The number of imidazole rings is 1. The highest BCUT2D eigenvalue weighted by Crippen LogP contribution is 2.25. The fraction of sp³-hybridized carbons (Fsp3) is 0.353. The van der Waals surface area contributed by atoms with Crippen molar-refractivity contribution in [2.75, 3.05) is 6.54 Å². The number of halogens is 2. The van der Waals surface area contributed by atoms with E-state index in [2.05, 4.69) is 26.9 Å². The van der Waals surface area contributed by atoms with Crippen LogP contribution in [0.4, 0.5) is 0 Å². The lowest BCUT2D eigenvalue weighted by Gasteiger charge is -2.10. The van der Waals surface area contributed by atoms with Crippen LogP contribution in [-0.4, -0.2) is 26.1 Å². The van der Waals surface area contributed by atoms with Crippen LogP contribution < -0.4 is 5.49 Å². The van der Waals surface area contributed by atoms with Crippen LogP contribution in [0.3, 0.4) is 0 Å². The van der Waals surface area contributed by atoms with Gasteiger partial charge in [0.25, 0.3) is 0 Å². The van der Waals surface area contributed by atoms with Crippen LogP contribution in [-0.2, 0) is 6.54 Å². The molecule has 0 atom stereocenters. The van der Waals surface area contributed by atoms with Gasteiger partial charge in [-0.1, -0.05) is 49.0 Å². The van der Waals surface area contributed by atoms with Gasteiger partial charge in [-0.2, -0.15) is 0 Å². The van der Waals surface area contributed by atoms with E-state index in [1.54, 1.807) is 12.7 Å². The Bertz CT molecular complexity index is 877. The van der Waals surface area contributed by atoms with Crippen LogP contribution in [0.1, 0.15) is 31.7 Å². The van der Waals surface area contributed by atoms with E-state index in [-0.39, 0.29) is 0 Å². The first-order chi connectivity index (χ1) is 11.7. The van der Waals surface area contributed by atoms with Crippen molar-refractivity contribution in [2.45, 2.75) is 32.7 Å². The molecule has 0 amide bonds. The maximum absolute atomic E-state index is 6.27. The average Bonchev–Trinajstić information content (AvgIpc) is 3.06. The minimum absolute atomic E-state index is 0.503. The van der Waals surface area contributed by atoms with Gasteiger partial charge in [0, 0.05) is 22.2 Å². The summed E-state index contributed by atoms with van der Waals surface area (Å²) in [4.78, 5) is 16.6. The molecule has 0 aliphatic rings. The number of H-pyrrole nitrogens is 1. The van der Waals surface area contributed by atoms with Crippen LogP contribution in [0.5, 0.6) is 0 Å². The smallest absolute Gasteiger partial charge is 0.176 e. The molecule has 0 fully saturated rings. The van der Waals surface area contributed by atoms with E-state index in [0.29, 0.717) is 22.1 Å². The summed E-state index contributed by atoms with van der Waals surface area (Å²) in [5.41, 5.74) is 3.16. The predicted octanol–water partition coefficient (Wildman–Crippen LogP) is 4.21. The fourth-order valence-electron chi connectivity index (χ4n) is 2.55. The highest BCUT2D eigenvalue weighted by molar-refractivity contribution is 6.35. The number of hydrogen-bond acceptors (Lipinski definition) is 3. The van der Waals surface area contributed by atoms with Gasteiger partial charge in [0.2, 0.25) is 0 Å². The van der Waals surface area contributed by atoms with E-state index >= 15 is 0 Å². The molecule has 1 aromatic carbocycles. The predicted molar refractivity (Wildman–Crippen MR) is 97.4 cm³/mol. The van der Waals surface area contributed by atoms with Crippen molar-refractivity contribution in [3.63, 3.8) is 0 Å². The minimum atomic E-state index is 0.503. The molecule has 1 N–H and O–H groups in total. The number of hydrogen-bond donors (Lipinski definition) is 1. The second kappa shape index (κ2) is 7.81. The molecule has 126 valence electrons. The lowest BCUT2D eigenvalue weighted by molar-refractivity contribution is 0.714. The second-order valence-corrected chi connectivity index (χ2v) is 6.40. The Labute approximate surface area is 150 Å². The minimum Gasteiger partial charge on any atom is -0.340 e. The number of aromatic amines is 1. The topological polar surface area (TPSA) is 58.9 Å².